The SMILES string of the molecule is COc1ccccc1C(C)CC(=O)N(C)CC(C)C(=O)O. The molecule has 0 saturated carbocycles. The number of benzene rings is 1. The van der Waals surface area contributed by atoms with Crippen LogP contribution in [0, 0.1) is 5.92 Å². The molecule has 0 aliphatic heterocycles. The van der Waals surface area contributed by atoms with Crippen molar-refractivity contribution in [1.82, 2.24) is 4.90 Å². The topological polar surface area (TPSA) is 66.8 Å². The number of carboxylic acid groups (broad SMARTS) is 1. The minimum absolute atomic E-state index is 0.0104. The van der Waals surface area contributed by atoms with Crippen LogP contribution < -0.4 is 4.74 Å². The fourth-order valence-electron chi connectivity index (χ4n) is 2.19. The monoisotopic (exact) mass is 293 g/mol. The number of carbonyl (C=O) groups is 2. The molecule has 0 aliphatic carbocycles. The normalized spacial score (nSPS) is 13.3. The van der Waals surface area contributed by atoms with Gasteiger partial charge in [0.1, 0.15) is 5.75 Å². The van der Waals surface area contributed by atoms with E-state index in [1.54, 1.807) is 21.1 Å². The molecule has 0 spiro atoms. The number of para-hydroxylation sites is 1. The van der Waals surface area contributed by atoms with Gasteiger partial charge >= 0.3 is 5.97 Å². The lowest BCUT2D eigenvalue weighted by Crippen LogP contribution is -2.34. The maximum Gasteiger partial charge on any atom is 0.308 e. The smallest absolute Gasteiger partial charge is 0.308 e. The molecule has 0 saturated heterocycles. The van der Waals surface area contributed by atoms with Gasteiger partial charge in [-0.25, -0.2) is 0 Å². The molecule has 5 nitrogen and oxygen atoms in total. The van der Waals surface area contributed by atoms with Crippen molar-refractivity contribution in [1.29, 1.82) is 0 Å². The number of nitrogens with zero attached hydrogens (tertiary/aromatic N) is 1. The number of ether oxygens (including phenoxy) is 1. The Kier molecular flexibility index (Phi) is 6.21. The Balaban J connectivity index is 2.67. The van der Waals surface area contributed by atoms with Gasteiger partial charge in [0.05, 0.1) is 13.0 Å². The number of methoxy groups -OCH3 is 1. The van der Waals surface area contributed by atoms with Gasteiger partial charge in [0.25, 0.3) is 0 Å². The van der Waals surface area contributed by atoms with Gasteiger partial charge in [0.15, 0.2) is 0 Å². The van der Waals surface area contributed by atoms with Gasteiger partial charge in [0, 0.05) is 20.0 Å². The Morgan fingerprint density at radius 3 is 2.48 bits per heavy atom. The second-order valence-electron chi connectivity index (χ2n) is 5.36. The summed E-state index contributed by atoms with van der Waals surface area (Å²) in [5.74, 6) is -0.759. The highest BCUT2D eigenvalue weighted by Crippen LogP contribution is 2.28. The third-order valence-corrected chi connectivity index (χ3v) is 3.55. The molecule has 0 radical (unpaired) electrons. The van der Waals surface area contributed by atoms with Crippen LogP contribution in [0.15, 0.2) is 24.3 Å². The number of hydrogen-bond acceptors (Lipinski definition) is 3. The van der Waals surface area contributed by atoms with Crippen LogP contribution in [0.3, 0.4) is 0 Å². The summed E-state index contributed by atoms with van der Waals surface area (Å²) in [4.78, 5) is 24.5. The highest BCUT2D eigenvalue weighted by molar-refractivity contribution is 5.78. The van der Waals surface area contributed by atoms with Gasteiger partial charge in [-0.05, 0) is 17.5 Å². The fraction of sp³-hybridized carbons (Fsp3) is 0.500. The van der Waals surface area contributed by atoms with Crippen molar-refractivity contribution in [3.63, 3.8) is 0 Å². The molecule has 2 atom stereocenters. The average molecular weight is 293 g/mol. The first-order valence-electron chi connectivity index (χ1n) is 6.96. The predicted molar refractivity (Wildman–Crippen MR) is 80.5 cm³/mol. The van der Waals surface area contributed by atoms with E-state index < -0.39 is 11.9 Å². The van der Waals surface area contributed by atoms with Crippen LogP contribution in [-0.2, 0) is 9.59 Å². The number of amides is 1. The lowest BCUT2D eigenvalue weighted by atomic mass is 9.96. The van der Waals surface area contributed by atoms with Gasteiger partial charge in [0.2, 0.25) is 5.91 Å². The molecular formula is C16H23NO4. The lowest BCUT2D eigenvalue weighted by molar-refractivity contribution is -0.142. The second-order valence-corrected chi connectivity index (χ2v) is 5.36. The third-order valence-electron chi connectivity index (χ3n) is 3.55. The number of aliphatic carboxylic acids is 1. The van der Waals surface area contributed by atoms with E-state index in [-0.39, 0.29) is 18.4 Å². The summed E-state index contributed by atoms with van der Waals surface area (Å²) in [6, 6.07) is 7.61. The van der Waals surface area contributed by atoms with Crippen LogP contribution in [0.1, 0.15) is 31.7 Å². The van der Waals surface area contributed by atoms with Gasteiger partial charge in [-0.2, -0.15) is 0 Å². The molecule has 0 fully saturated rings. The van der Waals surface area contributed by atoms with Gasteiger partial charge < -0.3 is 14.7 Å². The zero-order chi connectivity index (χ0) is 16.0. The van der Waals surface area contributed by atoms with E-state index in [9.17, 15) is 9.59 Å². The van der Waals surface area contributed by atoms with Crippen LogP contribution in [0.4, 0.5) is 0 Å². The van der Waals surface area contributed by atoms with Crippen molar-refractivity contribution in [2.45, 2.75) is 26.2 Å². The largest absolute Gasteiger partial charge is 0.496 e. The van der Waals surface area contributed by atoms with Crippen molar-refractivity contribution < 1.29 is 19.4 Å². The maximum atomic E-state index is 12.2. The highest BCUT2D eigenvalue weighted by Gasteiger charge is 2.20. The second kappa shape index (κ2) is 7.67. The van der Waals surface area contributed by atoms with Gasteiger partial charge in [-0.15, -0.1) is 0 Å². The minimum Gasteiger partial charge on any atom is -0.496 e. The maximum absolute atomic E-state index is 12.2. The van der Waals surface area contributed by atoms with Crippen LogP contribution in [0.5, 0.6) is 5.75 Å². The summed E-state index contributed by atoms with van der Waals surface area (Å²) in [7, 11) is 3.24. The molecule has 1 rings (SSSR count). The minimum atomic E-state index is -0.896. The van der Waals surface area contributed by atoms with Crippen molar-refractivity contribution >= 4 is 11.9 Å². The van der Waals surface area contributed by atoms with Crippen LogP contribution in [0.25, 0.3) is 0 Å². The van der Waals surface area contributed by atoms with E-state index in [0.29, 0.717) is 6.42 Å². The Labute approximate surface area is 125 Å². The molecule has 1 aromatic rings. The molecule has 5 heteroatoms. The molecule has 1 N–H and O–H groups in total. The van der Waals surface area contributed by atoms with E-state index in [1.807, 2.05) is 31.2 Å². The summed E-state index contributed by atoms with van der Waals surface area (Å²) in [6.07, 6.45) is 0.323. The van der Waals surface area contributed by atoms with Crippen molar-refractivity contribution in [2.24, 2.45) is 5.92 Å². The summed E-state index contributed by atoms with van der Waals surface area (Å²) < 4.78 is 5.30. The summed E-state index contributed by atoms with van der Waals surface area (Å²) >= 11 is 0. The van der Waals surface area contributed by atoms with E-state index in [4.69, 9.17) is 9.84 Å². The van der Waals surface area contributed by atoms with Crippen LogP contribution >= 0.6 is 0 Å². The molecule has 0 bridgehead atoms. The van der Waals surface area contributed by atoms with Gasteiger partial charge in [-0.3, -0.25) is 9.59 Å². The molecule has 21 heavy (non-hydrogen) atoms. The summed E-state index contributed by atoms with van der Waals surface area (Å²) in [5, 5.41) is 8.89. The number of rotatable bonds is 7. The summed E-state index contributed by atoms with van der Waals surface area (Å²) in [6.45, 7) is 3.77. The lowest BCUT2D eigenvalue weighted by Gasteiger charge is -2.22. The Morgan fingerprint density at radius 2 is 1.90 bits per heavy atom. The highest BCUT2D eigenvalue weighted by atomic mass is 16.5. The Bertz CT molecular complexity index is 501. The number of hydrogen-bond donors (Lipinski definition) is 1. The molecular weight excluding hydrogens is 270 g/mol. The molecule has 1 amide bonds. The van der Waals surface area contributed by atoms with Crippen molar-refractivity contribution in [3.8, 4) is 5.75 Å². The molecule has 2 unspecified atom stereocenters. The van der Waals surface area contributed by atoms with Crippen LogP contribution in [-0.4, -0.2) is 42.6 Å². The number of carbonyl (C=O) groups excluding carboxylic acids is 1. The molecule has 0 heterocycles. The zero-order valence-electron chi connectivity index (χ0n) is 13.0. The zero-order valence-corrected chi connectivity index (χ0v) is 13.0. The Morgan fingerprint density at radius 1 is 1.29 bits per heavy atom. The van der Waals surface area contributed by atoms with Crippen molar-refractivity contribution in [2.75, 3.05) is 20.7 Å². The van der Waals surface area contributed by atoms with E-state index >= 15 is 0 Å². The average Bonchev–Trinajstić information content (AvgIpc) is 2.46. The first-order valence-corrected chi connectivity index (χ1v) is 6.96. The first kappa shape index (κ1) is 17.0. The Hall–Kier alpha value is -2.04. The van der Waals surface area contributed by atoms with E-state index in [2.05, 4.69) is 0 Å². The van der Waals surface area contributed by atoms with Crippen LogP contribution in [0.2, 0.25) is 0 Å². The standard InChI is InChI=1S/C16H23NO4/c1-11(13-7-5-6-8-14(13)21-4)9-15(18)17(3)10-12(2)16(19)20/h5-8,11-12H,9-10H2,1-4H3,(H,19,20). The first-order chi connectivity index (χ1) is 9.86. The molecule has 1 aromatic carbocycles. The predicted octanol–water partition coefficient (Wildman–Crippen LogP) is 2.37. The van der Waals surface area contributed by atoms with Gasteiger partial charge in [-0.1, -0.05) is 32.0 Å². The summed E-state index contributed by atoms with van der Waals surface area (Å²) in [5.41, 5.74) is 0.980. The third kappa shape index (κ3) is 4.77. The number of carboxylic acids is 1. The fourth-order valence-corrected chi connectivity index (χ4v) is 2.19. The molecule has 0 aromatic heterocycles. The molecule has 116 valence electrons. The van der Waals surface area contributed by atoms with E-state index in [1.165, 1.54) is 4.90 Å². The quantitative estimate of drug-likeness (QED) is 0.838. The molecule has 0 aliphatic rings. The van der Waals surface area contributed by atoms with Crippen molar-refractivity contribution in [3.05, 3.63) is 29.8 Å². The van der Waals surface area contributed by atoms with E-state index in [0.717, 1.165) is 11.3 Å².